The van der Waals surface area contributed by atoms with Crippen LogP contribution in [0.25, 0.3) is 0 Å². The van der Waals surface area contributed by atoms with Gasteiger partial charge in [0.1, 0.15) is 0 Å². The van der Waals surface area contributed by atoms with Gasteiger partial charge in [0.05, 0.1) is 0 Å². The molecular formula is C20H42Si4. The lowest BCUT2D eigenvalue weighted by Gasteiger charge is -2.41. The van der Waals surface area contributed by atoms with Crippen molar-refractivity contribution < 1.29 is 0 Å². The molecule has 0 aliphatic carbocycles. The molecule has 0 aliphatic heterocycles. The molecule has 0 fully saturated rings. The lowest BCUT2D eigenvalue weighted by molar-refractivity contribution is 1.13. The second kappa shape index (κ2) is 7.01. The van der Waals surface area contributed by atoms with Gasteiger partial charge in [-0.2, -0.15) is 0 Å². The molecule has 0 bridgehead atoms. The Bertz CT molecular complexity index is 475. The lowest BCUT2D eigenvalue weighted by atomic mass is 10.1. The van der Waals surface area contributed by atoms with Gasteiger partial charge in [-0.15, -0.1) is 0 Å². The summed E-state index contributed by atoms with van der Waals surface area (Å²) in [5.74, 6) is 0. The van der Waals surface area contributed by atoms with Gasteiger partial charge in [-0.25, -0.2) is 0 Å². The molecule has 138 valence electrons. The largest absolute Gasteiger partial charge is 0.0693 e. The van der Waals surface area contributed by atoms with E-state index < -0.39 is 32.3 Å². The average molecular weight is 395 g/mol. The highest BCUT2D eigenvalue weighted by Crippen LogP contribution is 2.40. The lowest BCUT2D eigenvalue weighted by Crippen LogP contribution is -2.47. The van der Waals surface area contributed by atoms with E-state index in [1.807, 2.05) is 0 Å². The highest BCUT2D eigenvalue weighted by molar-refractivity contribution is 6.97. The Morgan fingerprint density at radius 2 is 0.750 bits per heavy atom. The van der Waals surface area contributed by atoms with E-state index in [-0.39, 0.29) is 0 Å². The predicted octanol–water partition coefficient (Wildman–Crippen LogP) is 7.36. The van der Waals surface area contributed by atoms with E-state index >= 15 is 0 Å². The van der Waals surface area contributed by atoms with Gasteiger partial charge >= 0.3 is 0 Å². The fraction of sp³-hybridized carbons (Fsp3) is 0.700. The van der Waals surface area contributed by atoms with Crippen LogP contribution in [0.2, 0.25) is 78.6 Å². The maximum atomic E-state index is 2.64. The van der Waals surface area contributed by atoms with Crippen molar-refractivity contribution >= 4 is 32.3 Å². The molecule has 0 aliphatic rings. The molecule has 0 saturated carbocycles. The zero-order valence-corrected chi connectivity index (χ0v) is 22.5. The molecule has 0 N–H and O–H groups in total. The van der Waals surface area contributed by atoms with Crippen LogP contribution in [0.5, 0.6) is 0 Å². The molecule has 1 rings (SSSR count). The van der Waals surface area contributed by atoms with Gasteiger partial charge in [0.2, 0.25) is 0 Å². The van der Waals surface area contributed by atoms with Crippen molar-refractivity contribution in [3.8, 4) is 0 Å². The Balaban J connectivity index is 3.51. The molecule has 0 heterocycles. The quantitative estimate of drug-likeness (QED) is 0.442. The van der Waals surface area contributed by atoms with Crippen molar-refractivity contribution in [2.75, 3.05) is 0 Å². The first kappa shape index (κ1) is 22.1. The van der Waals surface area contributed by atoms with Gasteiger partial charge in [-0.05, 0) is 21.5 Å². The molecule has 1 aromatic carbocycles. The van der Waals surface area contributed by atoms with E-state index in [2.05, 4.69) is 103 Å². The third-order valence-electron chi connectivity index (χ3n) is 5.04. The van der Waals surface area contributed by atoms with E-state index in [1.165, 1.54) is 0 Å². The molecule has 0 saturated heterocycles. The maximum absolute atomic E-state index is 2.64. The summed E-state index contributed by atoms with van der Waals surface area (Å²) >= 11 is 0. The highest BCUT2D eigenvalue weighted by Gasteiger charge is 2.41. The Morgan fingerprint density at radius 3 is 0.958 bits per heavy atom. The van der Waals surface area contributed by atoms with E-state index in [0.29, 0.717) is 0 Å². The summed E-state index contributed by atoms with van der Waals surface area (Å²) in [6.45, 7) is 30.8. The van der Waals surface area contributed by atoms with Crippen LogP contribution in [-0.4, -0.2) is 32.3 Å². The summed E-state index contributed by atoms with van der Waals surface area (Å²) in [4.78, 5) is 0. The zero-order valence-electron chi connectivity index (χ0n) is 18.5. The molecule has 0 aromatic heterocycles. The molecule has 24 heavy (non-hydrogen) atoms. The fourth-order valence-corrected chi connectivity index (χ4v) is 31.0. The van der Waals surface area contributed by atoms with Gasteiger partial charge in [0.15, 0.2) is 0 Å². The highest BCUT2D eigenvalue weighted by atomic mass is 28.4. The minimum Gasteiger partial charge on any atom is -0.0693 e. The van der Waals surface area contributed by atoms with Crippen molar-refractivity contribution in [2.45, 2.75) is 88.9 Å². The molecule has 0 nitrogen and oxygen atoms in total. The van der Waals surface area contributed by atoms with Crippen LogP contribution in [-0.2, 0) is 0 Å². The van der Waals surface area contributed by atoms with Crippen LogP contribution in [0.15, 0.2) is 24.3 Å². The molecule has 0 amide bonds. The first-order valence-corrected chi connectivity index (χ1v) is 23.9. The van der Waals surface area contributed by atoms with Crippen molar-refractivity contribution in [1.29, 1.82) is 0 Å². The molecule has 0 unspecified atom stereocenters. The number of rotatable bonds is 6. The van der Waals surface area contributed by atoms with Crippen LogP contribution in [0.3, 0.4) is 0 Å². The Hall–Kier alpha value is 0.0875. The minimum atomic E-state index is -1.23. The first-order valence-electron chi connectivity index (χ1n) is 9.55. The average Bonchev–Trinajstić information content (AvgIpc) is 2.20. The van der Waals surface area contributed by atoms with Gasteiger partial charge in [0, 0.05) is 32.3 Å². The minimum absolute atomic E-state index is 0.842. The molecule has 0 spiro atoms. The van der Waals surface area contributed by atoms with Gasteiger partial charge in [-0.3, -0.25) is 0 Å². The molecule has 0 atom stereocenters. The van der Waals surface area contributed by atoms with Crippen LogP contribution in [0.1, 0.15) is 21.5 Å². The summed E-state index contributed by atoms with van der Waals surface area (Å²) in [5, 5.41) is 1.68. The molecule has 1 aromatic rings. The van der Waals surface area contributed by atoms with Gasteiger partial charge in [-0.1, -0.05) is 103 Å². The first-order chi connectivity index (χ1) is 10.5. The third kappa shape index (κ3) is 5.54. The summed E-state index contributed by atoms with van der Waals surface area (Å²) in [5.41, 5.74) is 3.32. The second-order valence-corrected chi connectivity index (χ2v) is 34.4. The van der Waals surface area contributed by atoms with Crippen LogP contribution in [0, 0.1) is 0 Å². The van der Waals surface area contributed by atoms with Crippen molar-refractivity contribution in [2.24, 2.45) is 0 Å². The topological polar surface area (TPSA) is 0 Å². The zero-order chi connectivity index (χ0) is 19.1. The number of benzene rings is 1. The molecule has 0 radical (unpaired) electrons. The monoisotopic (exact) mass is 394 g/mol. The van der Waals surface area contributed by atoms with Crippen LogP contribution < -0.4 is 0 Å². The summed E-state index contributed by atoms with van der Waals surface area (Å²) < 4.78 is 0. The molecule has 4 heteroatoms. The fourth-order valence-electron chi connectivity index (χ4n) is 5.52. The normalized spacial score (nSPS) is 14.6. The van der Waals surface area contributed by atoms with Gasteiger partial charge in [0.25, 0.3) is 0 Å². The van der Waals surface area contributed by atoms with Crippen molar-refractivity contribution in [3.05, 3.63) is 35.4 Å². The second-order valence-electron chi connectivity index (χ2n) is 12.0. The summed E-state index contributed by atoms with van der Waals surface area (Å²) in [6.07, 6.45) is 0. The van der Waals surface area contributed by atoms with Gasteiger partial charge < -0.3 is 0 Å². The summed E-state index contributed by atoms with van der Waals surface area (Å²) in [6, 6.07) is 9.89. The van der Waals surface area contributed by atoms with E-state index in [9.17, 15) is 0 Å². The SMILES string of the molecule is C[Si](C)(C)C(c1cccc(C([Si](C)(C)C)[Si](C)(C)C)c1)[Si](C)(C)C. The predicted molar refractivity (Wildman–Crippen MR) is 125 cm³/mol. The van der Waals surface area contributed by atoms with E-state index in [0.717, 1.165) is 10.3 Å². The van der Waals surface area contributed by atoms with E-state index in [1.54, 1.807) is 11.1 Å². The summed E-state index contributed by atoms with van der Waals surface area (Å²) in [7, 11) is -4.91. The smallest absolute Gasteiger partial charge is 0.0493 e. The van der Waals surface area contributed by atoms with Crippen molar-refractivity contribution in [1.82, 2.24) is 0 Å². The Labute approximate surface area is 156 Å². The van der Waals surface area contributed by atoms with Crippen LogP contribution in [0.4, 0.5) is 0 Å². The van der Waals surface area contributed by atoms with Crippen molar-refractivity contribution in [3.63, 3.8) is 0 Å². The Morgan fingerprint density at radius 1 is 0.500 bits per heavy atom. The number of hydrogen-bond acceptors (Lipinski definition) is 0. The Kier molecular flexibility index (Phi) is 6.46. The maximum Gasteiger partial charge on any atom is 0.0493 e. The standard InChI is InChI=1S/C20H42Si4/c1-21(2,3)19(22(4,5)6)17-14-13-15-18(16-17)20(23(7,8)9)24(10,11)12/h13-16,19-20H,1-12H3. The number of hydrogen-bond donors (Lipinski definition) is 0. The van der Waals surface area contributed by atoms with Crippen LogP contribution >= 0.6 is 0 Å². The van der Waals surface area contributed by atoms with E-state index in [4.69, 9.17) is 0 Å². The molecular weight excluding hydrogens is 353 g/mol. The third-order valence-corrected chi connectivity index (χ3v) is 23.7.